The molecule has 0 aromatic rings. The largest absolute Gasteiger partial charge is 0.395 e. The second-order valence-corrected chi connectivity index (χ2v) is 6.20. The Hall–Kier alpha value is 0.160. The summed E-state index contributed by atoms with van der Waals surface area (Å²) in [5.41, 5.74) is 0. The molecule has 0 aromatic carbocycles. The van der Waals surface area contributed by atoms with Crippen LogP contribution in [0.3, 0.4) is 0 Å². The van der Waals surface area contributed by atoms with Crippen molar-refractivity contribution in [2.75, 3.05) is 24.8 Å². The summed E-state index contributed by atoms with van der Waals surface area (Å²) in [6.45, 7) is 0.0713. The van der Waals surface area contributed by atoms with Gasteiger partial charge in [-0.25, -0.2) is 8.42 Å². The Morgan fingerprint density at radius 3 is 2.40 bits per heavy atom. The van der Waals surface area contributed by atoms with Gasteiger partial charge >= 0.3 is 0 Å². The van der Waals surface area contributed by atoms with Crippen LogP contribution in [0.2, 0.25) is 0 Å². The molecule has 4 nitrogen and oxygen atoms in total. The Morgan fingerprint density at radius 1 is 1.33 bits per heavy atom. The summed E-state index contributed by atoms with van der Waals surface area (Å²) in [4.78, 5) is 0. The first-order valence-corrected chi connectivity index (χ1v) is 7.42. The van der Waals surface area contributed by atoms with Crippen LogP contribution in [-0.4, -0.2) is 48.7 Å². The summed E-state index contributed by atoms with van der Waals surface area (Å²) in [7, 11) is -3.28. The molecule has 1 aliphatic carbocycles. The number of alkyl halides is 1. The fourth-order valence-corrected chi connectivity index (χ4v) is 4.09. The molecule has 0 saturated heterocycles. The van der Waals surface area contributed by atoms with E-state index in [1.807, 2.05) is 0 Å². The molecule has 0 aromatic heterocycles. The van der Waals surface area contributed by atoms with Crippen molar-refractivity contribution in [2.24, 2.45) is 0 Å². The second kappa shape index (κ2) is 6.03. The van der Waals surface area contributed by atoms with Gasteiger partial charge in [-0.3, -0.25) is 0 Å². The van der Waals surface area contributed by atoms with Gasteiger partial charge < -0.3 is 5.11 Å². The molecule has 15 heavy (non-hydrogen) atoms. The van der Waals surface area contributed by atoms with E-state index in [-0.39, 0.29) is 30.8 Å². The van der Waals surface area contributed by atoms with E-state index < -0.39 is 10.0 Å². The van der Waals surface area contributed by atoms with Gasteiger partial charge in [0.05, 0.1) is 12.4 Å². The zero-order chi connectivity index (χ0) is 11.3. The molecule has 1 fully saturated rings. The number of sulfonamides is 1. The van der Waals surface area contributed by atoms with E-state index in [2.05, 4.69) is 0 Å². The van der Waals surface area contributed by atoms with Crippen LogP contribution >= 0.6 is 11.6 Å². The third-order valence-corrected chi connectivity index (χ3v) is 5.07. The zero-order valence-corrected chi connectivity index (χ0v) is 10.3. The lowest BCUT2D eigenvalue weighted by Gasteiger charge is -2.26. The smallest absolute Gasteiger partial charge is 0.215 e. The van der Waals surface area contributed by atoms with Crippen molar-refractivity contribution in [3.63, 3.8) is 0 Å². The minimum Gasteiger partial charge on any atom is -0.395 e. The molecule has 1 saturated carbocycles. The fraction of sp³-hybridized carbons (Fsp3) is 1.00. The second-order valence-electron chi connectivity index (χ2n) is 3.78. The SMILES string of the molecule is O=S(=O)(CCCl)N(CCO)C1CCCC1. The molecular formula is C9H18ClNO3S. The topological polar surface area (TPSA) is 57.6 Å². The van der Waals surface area contributed by atoms with Crippen LogP contribution in [0.1, 0.15) is 25.7 Å². The first-order chi connectivity index (χ1) is 7.11. The minimum absolute atomic E-state index is 0.0367. The van der Waals surface area contributed by atoms with Gasteiger partial charge in [0.1, 0.15) is 0 Å². The van der Waals surface area contributed by atoms with Crippen molar-refractivity contribution in [1.29, 1.82) is 0 Å². The van der Waals surface area contributed by atoms with Crippen LogP contribution in [0.15, 0.2) is 0 Å². The average molecular weight is 256 g/mol. The number of halogens is 1. The van der Waals surface area contributed by atoms with Gasteiger partial charge in [0.2, 0.25) is 10.0 Å². The van der Waals surface area contributed by atoms with Gasteiger partial charge in [0, 0.05) is 18.5 Å². The highest BCUT2D eigenvalue weighted by Gasteiger charge is 2.30. The first-order valence-electron chi connectivity index (χ1n) is 5.28. The summed E-state index contributed by atoms with van der Waals surface area (Å²) in [5.74, 6) is 0.0715. The van der Waals surface area contributed by atoms with Gasteiger partial charge in [0.15, 0.2) is 0 Å². The summed E-state index contributed by atoms with van der Waals surface area (Å²) < 4.78 is 25.1. The molecule has 6 heteroatoms. The Morgan fingerprint density at radius 2 is 1.93 bits per heavy atom. The molecule has 0 bridgehead atoms. The molecule has 0 heterocycles. The highest BCUT2D eigenvalue weighted by molar-refractivity contribution is 7.89. The molecule has 0 unspecified atom stereocenters. The van der Waals surface area contributed by atoms with Crippen LogP contribution < -0.4 is 0 Å². The molecular weight excluding hydrogens is 238 g/mol. The highest BCUT2D eigenvalue weighted by atomic mass is 35.5. The zero-order valence-electron chi connectivity index (χ0n) is 8.73. The predicted octanol–water partition coefficient (Wildman–Crippen LogP) is 0.792. The van der Waals surface area contributed by atoms with Gasteiger partial charge in [-0.1, -0.05) is 12.8 Å². The number of rotatable bonds is 6. The van der Waals surface area contributed by atoms with Crippen molar-refractivity contribution >= 4 is 21.6 Å². The van der Waals surface area contributed by atoms with E-state index >= 15 is 0 Å². The maximum absolute atomic E-state index is 11.8. The molecule has 0 aliphatic heterocycles. The minimum atomic E-state index is -3.28. The monoisotopic (exact) mass is 255 g/mol. The van der Waals surface area contributed by atoms with Crippen LogP contribution in [0.4, 0.5) is 0 Å². The number of aliphatic hydroxyl groups excluding tert-OH is 1. The van der Waals surface area contributed by atoms with Crippen LogP contribution in [0.25, 0.3) is 0 Å². The Balaban J connectivity index is 2.71. The van der Waals surface area contributed by atoms with E-state index in [0.29, 0.717) is 0 Å². The lowest BCUT2D eigenvalue weighted by Crippen LogP contribution is -2.42. The Bertz CT molecular complexity index is 275. The number of nitrogens with zero attached hydrogens (tertiary/aromatic N) is 1. The third-order valence-electron chi connectivity index (χ3n) is 2.74. The summed E-state index contributed by atoms with van der Waals surface area (Å²) in [5, 5.41) is 8.89. The number of aliphatic hydroxyl groups is 1. The average Bonchev–Trinajstić information content (AvgIpc) is 2.66. The van der Waals surface area contributed by atoms with Crippen LogP contribution in [0.5, 0.6) is 0 Å². The van der Waals surface area contributed by atoms with Crippen molar-refractivity contribution in [2.45, 2.75) is 31.7 Å². The van der Waals surface area contributed by atoms with E-state index in [0.717, 1.165) is 25.7 Å². The van der Waals surface area contributed by atoms with Gasteiger partial charge in [0.25, 0.3) is 0 Å². The molecule has 1 rings (SSSR count). The van der Waals surface area contributed by atoms with Crippen molar-refractivity contribution in [3.05, 3.63) is 0 Å². The molecule has 1 aliphatic rings. The quantitative estimate of drug-likeness (QED) is 0.714. The first kappa shape index (κ1) is 13.2. The normalized spacial score (nSPS) is 18.9. The lowest BCUT2D eigenvalue weighted by molar-refractivity contribution is 0.226. The van der Waals surface area contributed by atoms with Gasteiger partial charge in [-0.05, 0) is 12.8 Å². The van der Waals surface area contributed by atoms with Gasteiger partial charge in [-0.2, -0.15) is 4.31 Å². The van der Waals surface area contributed by atoms with Crippen molar-refractivity contribution < 1.29 is 13.5 Å². The van der Waals surface area contributed by atoms with Crippen LogP contribution in [0, 0.1) is 0 Å². The van der Waals surface area contributed by atoms with Crippen molar-refractivity contribution in [3.8, 4) is 0 Å². The fourth-order valence-electron chi connectivity index (χ4n) is 2.05. The molecule has 0 radical (unpaired) electrons. The van der Waals surface area contributed by atoms with E-state index in [1.54, 1.807) is 0 Å². The van der Waals surface area contributed by atoms with E-state index in [4.69, 9.17) is 16.7 Å². The predicted molar refractivity (Wildman–Crippen MR) is 60.6 cm³/mol. The maximum atomic E-state index is 11.8. The molecule has 0 atom stereocenters. The lowest BCUT2D eigenvalue weighted by atomic mass is 10.2. The maximum Gasteiger partial charge on any atom is 0.215 e. The summed E-state index contributed by atoms with van der Waals surface area (Å²) in [6.07, 6.45) is 3.95. The number of hydrogen-bond donors (Lipinski definition) is 1. The van der Waals surface area contributed by atoms with Crippen molar-refractivity contribution in [1.82, 2.24) is 4.31 Å². The van der Waals surface area contributed by atoms with E-state index in [1.165, 1.54) is 4.31 Å². The van der Waals surface area contributed by atoms with Gasteiger partial charge in [-0.15, -0.1) is 11.6 Å². The third kappa shape index (κ3) is 3.59. The van der Waals surface area contributed by atoms with E-state index in [9.17, 15) is 8.42 Å². The Labute approximate surface area is 96.3 Å². The molecule has 1 N–H and O–H groups in total. The van der Waals surface area contributed by atoms with Crippen LogP contribution in [-0.2, 0) is 10.0 Å². The standard InChI is InChI=1S/C9H18ClNO3S/c10-5-8-15(13,14)11(6-7-12)9-3-1-2-4-9/h9,12H,1-8H2. The molecule has 0 spiro atoms. The highest BCUT2D eigenvalue weighted by Crippen LogP contribution is 2.25. The number of hydrogen-bond acceptors (Lipinski definition) is 3. The molecule has 0 amide bonds. The summed E-state index contributed by atoms with van der Waals surface area (Å²) in [6, 6.07) is 0.0744. The summed E-state index contributed by atoms with van der Waals surface area (Å²) >= 11 is 5.47. The Kier molecular flexibility index (Phi) is 5.32. The molecule has 90 valence electrons.